The first kappa shape index (κ1) is 34.7. The molecule has 46 heavy (non-hydrogen) atoms. The van der Waals surface area contributed by atoms with Gasteiger partial charge in [-0.2, -0.15) is 0 Å². The standard InChI is InChI=1S/C33H34O12.Na/c1-4-12-41-21-8-10-24-23(14-21)29(22-9-7-20(39-3)15-26(22)42-16-28(34)35)30(31(36)37)33(24,17-43-32(38)40-5-2)19-6-11-25-27(13-19)45-18-44-25;/h6-11,13-15,29-30H,4-5,12,16-18H2,1-3H3,(H,34,35)(H,36,37);/q;+1/p-1. The third kappa shape index (κ3) is 6.69. The van der Waals surface area contributed by atoms with Gasteiger partial charge in [-0.3, -0.25) is 0 Å². The van der Waals surface area contributed by atoms with E-state index in [9.17, 15) is 24.6 Å². The monoisotopic (exact) mass is 644 g/mol. The Morgan fingerprint density at radius 1 is 0.935 bits per heavy atom. The van der Waals surface area contributed by atoms with Crippen LogP contribution in [0.4, 0.5) is 4.79 Å². The van der Waals surface area contributed by atoms with E-state index in [1.165, 1.54) is 13.2 Å². The molecule has 12 nitrogen and oxygen atoms in total. The van der Waals surface area contributed by atoms with Gasteiger partial charge in [-0.25, -0.2) is 9.59 Å². The molecular weight excluding hydrogens is 611 g/mol. The topological polar surface area (TPSA) is 159 Å². The zero-order valence-electron chi connectivity index (χ0n) is 26.0. The Hall–Kier alpha value is -4.13. The summed E-state index contributed by atoms with van der Waals surface area (Å²) in [6.07, 6.45) is -0.236. The SMILES string of the molecule is CCCOc1ccc2c(c1)C(c1ccc(OC)cc1OCC(=O)O)C(C(=O)[O-])C2(COC(=O)OCC)c1ccc2c(c1)OCO2.[Na+]. The van der Waals surface area contributed by atoms with E-state index in [0.29, 0.717) is 51.9 Å². The number of fused-ring (bicyclic) bond motifs is 2. The fourth-order valence-corrected chi connectivity index (χ4v) is 6.09. The molecule has 0 amide bonds. The summed E-state index contributed by atoms with van der Waals surface area (Å²) >= 11 is 0. The van der Waals surface area contributed by atoms with Crippen LogP contribution in [0.2, 0.25) is 0 Å². The van der Waals surface area contributed by atoms with E-state index in [2.05, 4.69) is 0 Å². The number of benzene rings is 3. The summed E-state index contributed by atoms with van der Waals surface area (Å²) in [6.45, 7) is 2.92. The van der Waals surface area contributed by atoms with Crippen molar-refractivity contribution in [1.82, 2.24) is 0 Å². The van der Waals surface area contributed by atoms with E-state index >= 15 is 0 Å². The zero-order valence-corrected chi connectivity index (χ0v) is 28.0. The molecule has 0 bridgehead atoms. The van der Waals surface area contributed by atoms with Crippen molar-refractivity contribution in [2.45, 2.75) is 31.6 Å². The van der Waals surface area contributed by atoms with Gasteiger partial charge in [-0.15, -0.1) is 0 Å². The maximum Gasteiger partial charge on any atom is 1.00 e. The van der Waals surface area contributed by atoms with Crippen LogP contribution >= 0.6 is 0 Å². The van der Waals surface area contributed by atoms with Gasteiger partial charge in [0.1, 0.15) is 23.9 Å². The number of methoxy groups -OCH3 is 1. The predicted octanol–water partition coefficient (Wildman–Crippen LogP) is 0.651. The molecule has 1 heterocycles. The quantitative estimate of drug-likeness (QED) is 0.205. The molecule has 3 aromatic carbocycles. The molecule has 0 spiro atoms. The molecule has 238 valence electrons. The van der Waals surface area contributed by atoms with Gasteiger partial charge in [0, 0.05) is 29.4 Å². The molecule has 2 aliphatic rings. The second-order valence-electron chi connectivity index (χ2n) is 10.5. The van der Waals surface area contributed by atoms with Crippen LogP contribution < -0.4 is 58.3 Å². The van der Waals surface area contributed by atoms with Gasteiger partial charge in [0.15, 0.2) is 18.1 Å². The van der Waals surface area contributed by atoms with Crippen LogP contribution in [-0.2, 0) is 24.5 Å². The van der Waals surface area contributed by atoms with Gasteiger partial charge in [0.2, 0.25) is 6.79 Å². The summed E-state index contributed by atoms with van der Waals surface area (Å²) in [5.41, 5.74) is 0.332. The van der Waals surface area contributed by atoms with Gasteiger partial charge in [0.25, 0.3) is 0 Å². The minimum absolute atomic E-state index is 0. The van der Waals surface area contributed by atoms with Crippen molar-refractivity contribution in [1.29, 1.82) is 0 Å². The van der Waals surface area contributed by atoms with Crippen molar-refractivity contribution in [2.75, 3.05) is 40.3 Å². The van der Waals surface area contributed by atoms with Gasteiger partial charge < -0.3 is 48.2 Å². The van der Waals surface area contributed by atoms with Crippen molar-refractivity contribution in [3.63, 3.8) is 0 Å². The van der Waals surface area contributed by atoms with Crippen LogP contribution in [0.1, 0.15) is 48.4 Å². The summed E-state index contributed by atoms with van der Waals surface area (Å²) < 4.78 is 38.8. The third-order valence-corrected chi connectivity index (χ3v) is 7.90. The van der Waals surface area contributed by atoms with E-state index in [0.717, 1.165) is 6.42 Å². The summed E-state index contributed by atoms with van der Waals surface area (Å²) in [7, 11) is 1.44. The molecule has 5 rings (SSSR count). The first-order valence-corrected chi connectivity index (χ1v) is 14.4. The van der Waals surface area contributed by atoms with Gasteiger partial charge in [0.05, 0.1) is 25.7 Å². The molecule has 3 atom stereocenters. The molecule has 0 saturated heterocycles. The predicted molar refractivity (Wildman–Crippen MR) is 155 cm³/mol. The number of aliphatic carboxylic acids is 2. The van der Waals surface area contributed by atoms with Crippen molar-refractivity contribution in [3.8, 4) is 28.7 Å². The number of hydrogen-bond donors (Lipinski definition) is 1. The van der Waals surface area contributed by atoms with E-state index in [1.54, 1.807) is 55.5 Å². The number of ether oxygens (including phenoxy) is 7. The third-order valence-electron chi connectivity index (χ3n) is 7.90. The summed E-state index contributed by atoms with van der Waals surface area (Å²) in [5, 5.41) is 22.9. The van der Waals surface area contributed by atoms with Gasteiger partial charge in [-0.05, 0) is 60.4 Å². The van der Waals surface area contributed by atoms with E-state index < -0.39 is 48.6 Å². The van der Waals surface area contributed by atoms with Crippen molar-refractivity contribution < 1.29 is 87.3 Å². The Labute approximate surface area is 287 Å². The number of carboxylic acids is 2. The maximum absolute atomic E-state index is 13.5. The largest absolute Gasteiger partial charge is 1.00 e. The molecule has 0 aromatic heterocycles. The second-order valence-corrected chi connectivity index (χ2v) is 10.5. The number of carboxylic acid groups (broad SMARTS) is 2. The van der Waals surface area contributed by atoms with E-state index in [-0.39, 0.29) is 48.7 Å². The fourth-order valence-electron chi connectivity index (χ4n) is 6.09. The molecule has 0 saturated carbocycles. The summed E-state index contributed by atoms with van der Waals surface area (Å²) in [6, 6.07) is 15.0. The minimum Gasteiger partial charge on any atom is -0.550 e. The van der Waals surface area contributed by atoms with E-state index in [1.807, 2.05) is 6.92 Å². The molecule has 1 aliphatic heterocycles. The Balaban J connectivity index is 0.00000480. The Morgan fingerprint density at radius 3 is 2.39 bits per heavy atom. The summed E-state index contributed by atoms with van der Waals surface area (Å²) in [4.78, 5) is 37.6. The van der Waals surface area contributed by atoms with Crippen molar-refractivity contribution >= 4 is 18.1 Å². The van der Waals surface area contributed by atoms with Gasteiger partial charge >= 0.3 is 41.7 Å². The Kier molecular flexibility index (Phi) is 11.3. The number of hydrogen-bond acceptors (Lipinski definition) is 11. The van der Waals surface area contributed by atoms with Crippen LogP contribution in [0.5, 0.6) is 28.7 Å². The minimum atomic E-state index is -1.54. The average molecular weight is 645 g/mol. The average Bonchev–Trinajstić information content (AvgIpc) is 3.62. The smallest absolute Gasteiger partial charge is 0.550 e. The first-order chi connectivity index (χ1) is 21.7. The summed E-state index contributed by atoms with van der Waals surface area (Å²) in [5.74, 6) is -3.23. The van der Waals surface area contributed by atoms with Crippen LogP contribution in [0.15, 0.2) is 54.6 Å². The first-order valence-electron chi connectivity index (χ1n) is 14.4. The molecule has 13 heteroatoms. The van der Waals surface area contributed by atoms with Crippen LogP contribution in [-0.4, -0.2) is 63.5 Å². The Morgan fingerprint density at radius 2 is 1.70 bits per heavy atom. The fraction of sp³-hybridized carbons (Fsp3) is 0.364. The molecule has 0 radical (unpaired) electrons. The molecule has 3 aromatic rings. The van der Waals surface area contributed by atoms with Crippen LogP contribution in [0.3, 0.4) is 0 Å². The number of carbonyl (C=O) groups is 3. The van der Waals surface area contributed by atoms with Gasteiger partial charge in [-0.1, -0.05) is 25.1 Å². The molecule has 3 unspecified atom stereocenters. The molecule has 0 fully saturated rings. The molecular formula is C33H33NaO12. The van der Waals surface area contributed by atoms with Crippen LogP contribution in [0.25, 0.3) is 0 Å². The normalized spacial score (nSPS) is 18.9. The van der Waals surface area contributed by atoms with Crippen molar-refractivity contribution in [3.05, 3.63) is 76.9 Å². The zero-order chi connectivity index (χ0) is 32.1. The molecule has 1 N–H and O–H groups in total. The Bertz CT molecular complexity index is 1590. The van der Waals surface area contributed by atoms with E-state index in [4.69, 9.17) is 33.2 Å². The number of rotatable bonds is 13. The maximum atomic E-state index is 13.5. The van der Waals surface area contributed by atoms with Crippen molar-refractivity contribution in [2.24, 2.45) is 5.92 Å². The van der Waals surface area contributed by atoms with Crippen LogP contribution in [0, 0.1) is 5.92 Å². The molecule has 1 aliphatic carbocycles. The second kappa shape index (κ2) is 15.0. The number of carbonyl (C=O) groups excluding carboxylic acids is 2.